The summed E-state index contributed by atoms with van der Waals surface area (Å²) in [6.45, 7) is 1.35. The highest BCUT2D eigenvalue weighted by Crippen LogP contribution is 2.29. The van der Waals surface area contributed by atoms with E-state index >= 15 is 0 Å². The zero-order valence-corrected chi connectivity index (χ0v) is 15.6. The predicted octanol–water partition coefficient (Wildman–Crippen LogP) is 3.47. The molecule has 0 spiro atoms. The first-order valence-corrected chi connectivity index (χ1v) is 9.47. The molecular weight excluding hydrogens is 380 g/mol. The van der Waals surface area contributed by atoms with E-state index in [9.17, 15) is 4.79 Å². The normalized spacial score (nSPS) is 15.3. The zero-order valence-electron chi connectivity index (χ0n) is 14.9. The third kappa shape index (κ3) is 2.93. The molecular formula is C20H17ClN4O3. The number of pyridine rings is 2. The minimum absolute atomic E-state index is 0.0491. The molecule has 5 rings (SSSR count). The molecule has 4 heterocycles. The molecule has 3 aromatic heterocycles. The predicted molar refractivity (Wildman–Crippen MR) is 106 cm³/mol. The number of nitrogens with zero attached hydrogens (tertiary/aromatic N) is 3. The summed E-state index contributed by atoms with van der Waals surface area (Å²) < 4.78 is 13.2. The first-order valence-electron chi connectivity index (χ1n) is 9.09. The quantitative estimate of drug-likeness (QED) is 0.573. The Hall–Kier alpha value is -2.90. The fraction of sp³-hybridized carbons (Fsp3) is 0.250. The smallest absolute Gasteiger partial charge is 0.332 e. The molecule has 0 radical (unpaired) electrons. The molecule has 7 nitrogen and oxygen atoms in total. The van der Waals surface area contributed by atoms with Crippen molar-refractivity contribution in [3.8, 4) is 11.4 Å². The number of nitrogens with one attached hydrogen (secondary N) is 1. The molecule has 4 aromatic rings. The highest BCUT2D eigenvalue weighted by Gasteiger charge is 2.20. The number of hydrogen-bond donors (Lipinski definition) is 1. The molecule has 1 aromatic carbocycles. The first kappa shape index (κ1) is 17.2. The Bertz CT molecular complexity index is 1230. The van der Waals surface area contributed by atoms with Crippen LogP contribution >= 0.6 is 11.6 Å². The van der Waals surface area contributed by atoms with E-state index in [1.54, 1.807) is 29.1 Å². The summed E-state index contributed by atoms with van der Waals surface area (Å²) in [4.78, 5) is 24.2. The van der Waals surface area contributed by atoms with Gasteiger partial charge in [-0.3, -0.25) is 14.5 Å². The zero-order chi connectivity index (χ0) is 19.1. The lowest BCUT2D eigenvalue weighted by Gasteiger charge is -2.23. The van der Waals surface area contributed by atoms with Crippen molar-refractivity contribution >= 4 is 33.7 Å². The van der Waals surface area contributed by atoms with E-state index in [0.717, 1.165) is 23.7 Å². The van der Waals surface area contributed by atoms with Crippen LogP contribution in [0.4, 0.5) is 0 Å². The van der Waals surface area contributed by atoms with Crippen LogP contribution in [0.15, 0.2) is 47.5 Å². The van der Waals surface area contributed by atoms with Crippen LogP contribution < -0.4 is 10.4 Å². The lowest BCUT2D eigenvalue weighted by molar-refractivity contribution is 0.0260. The molecule has 0 aliphatic carbocycles. The van der Waals surface area contributed by atoms with E-state index < -0.39 is 0 Å². The van der Waals surface area contributed by atoms with Crippen molar-refractivity contribution in [1.82, 2.24) is 19.5 Å². The number of fused-ring (bicyclic) bond motifs is 2. The summed E-state index contributed by atoms with van der Waals surface area (Å²) in [5, 5.41) is 1.36. The number of ether oxygens (including phenoxy) is 2. The monoisotopic (exact) mass is 396 g/mol. The summed E-state index contributed by atoms with van der Waals surface area (Å²) in [6.07, 6.45) is 4.98. The number of hydrogen-bond acceptors (Lipinski definition) is 5. The molecule has 1 aliphatic rings. The number of imidazole rings is 1. The van der Waals surface area contributed by atoms with Gasteiger partial charge in [0, 0.05) is 36.7 Å². The lowest BCUT2D eigenvalue weighted by Crippen LogP contribution is -2.26. The van der Waals surface area contributed by atoms with Crippen molar-refractivity contribution in [2.24, 2.45) is 0 Å². The van der Waals surface area contributed by atoms with Crippen molar-refractivity contribution in [3.63, 3.8) is 0 Å². The maximum atomic E-state index is 12.7. The largest absolute Gasteiger partial charge is 0.488 e. The highest BCUT2D eigenvalue weighted by molar-refractivity contribution is 6.35. The molecule has 0 saturated carbocycles. The van der Waals surface area contributed by atoms with Crippen molar-refractivity contribution in [3.05, 3.63) is 58.2 Å². The number of benzene rings is 1. The van der Waals surface area contributed by atoms with Gasteiger partial charge >= 0.3 is 5.69 Å². The van der Waals surface area contributed by atoms with Crippen molar-refractivity contribution in [1.29, 1.82) is 0 Å². The van der Waals surface area contributed by atoms with E-state index in [1.165, 1.54) is 0 Å². The van der Waals surface area contributed by atoms with Crippen LogP contribution in [0.1, 0.15) is 12.8 Å². The number of H-pyrrole nitrogens is 1. The van der Waals surface area contributed by atoms with E-state index in [4.69, 9.17) is 21.1 Å². The SMILES string of the molecule is O=c1[nH]c2nccc(OC3CCOCC3)c2n1-c1ccc2nccc(Cl)c2c1. The molecule has 28 heavy (non-hydrogen) atoms. The highest BCUT2D eigenvalue weighted by atomic mass is 35.5. The van der Waals surface area contributed by atoms with Gasteiger partial charge in [-0.05, 0) is 24.3 Å². The average molecular weight is 397 g/mol. The number of aromatic amines is 1. The van der Waals surface area contributed by atoms with Crippen LogP contribution in [0.3, 0.4) is 0 Å². The van der Waals surface area contributed by atoms with Gasteiger partial charge in [-0.2, -0.15) is 0 Å². The molecule has 142 valence electrons. The fourth-order valence-electron chi connectivity index (χ4n) is 3.56. The molecule has 1 N–H and O–H groups in total. The third-order valence-electron chi connectivity index (χ3n) is 4.93. The van der Waals surface area contributed by atoms with E-state index in [1.807, 2.05) is 18.2 Å². The van der Waals surface area contributed by atoms with E-state index in [-0.39, 0.29) is 11.8 Å². The molecule has 0 amide bonds. The van der Waals surface area contributed by atoms with Crippen molar-refractivity contribution in [2.75, 3.05) is 13.2 Å². The second kappa shape index (κ2) is 6.92. The number of rotatable bonds is 3. The van der Waals surface area contributed by atoms with Gasteiger partial charge in [0.1, 0.15) is 17.4 Å². The first-order chi connectivity index (χ1) is 13.7. The Kier molecular flexibility index (Phi) is 4.26. The van der Waals surface area contributed by atoms with Crippen molar-refractivity contribution < 1.29 is 9.47 Å². The molecule has 1 fully saturated rings. The van der Waals surface area contributed by atoms with Gasteiger partial charge in [-0.15, -0.1) is 0 Å². The Morgan fingerprint density at radius 1 is 1.14 bits per heavy atom. The minimum Gasteiger partial charge on any atom is -0.488 e. The van der Waals surface area contributed by atoms with Crippen LogP contribution in [0.5, 0.6) is 5.75 Å². The van der Waals surface area contributed by atoms with Crippen LogP contribution in [-0.2, 0) is 4.74 Å². The van der Waals surface area contributed by atoms with Gasteiger partial charge < -0.3 is 9.47 Å². The second-order valence-corrected chi connectivity index (χ2v) is 7.10. The van der Waals surface area contributed by atoms with Crippen LogP contribution in [0.25, 0.3) is 27.8 Å². The molecule has 0 unspecified atom stereocenters. The Balaban J connectivity index is 1.68. The van der Waals surface area contributed by atoms with Crippen molar-refractivity contribution in [2.45, 2.75) is 18.9 Å². The molecule has 0 atom stereocenters. The van der Waals surface area contributed by atoms with Gasteiger partial charge in [0.05, 0.1) is 29.4 Å². The topological polar surface area (TPSA) is 82.0 Å². The maximum Gasteiger partial charge on any atom is 0.332 e. The molecule has 1 saturated heterocycles. The Labute approximate surface area is 164 Å². The van der Waals surface area contributed by atoms with Crippen LogP contribution in [0.2, 0.25) is 5.02 Å². The third-order valence-corrected chi connectivity index (χ3v) is 5.26. The van der Waals surface area contributed by atoms with Crippen LogP contribution in [0, 0.1) is 0 Å². The van der Waals surface area contributed by atoms with Gasteiger partial charge in [0.15, 0.2) is 5.65 Å². The second-order valence-electron chi connectivity index (χ2n) is 6.70. The summed E-state index contributed by atoms with van der Waals surface area (Å²) >= 11 is 6.32. The minimum atomic E-state index is -0.287. The lowest BCUT2D eigenvalue weighted by atomic mass is 10.1. The van der Waals surface area contributed by atoms with E-state index in [2.05, 4.69) is 15.0 Å². The number of aromatic nitrogens is 4. The van der Waals surface area contributed by atoms with Crippen LogP contribution in [-0.4, -0.2) is 38.8 Å². The number of halogens is 1. The van der Waals surface area contributed by atoms with Gasteiger partial charge in [-0.25, -0.2) is 9.78 Å². The Morgan fingerprint density at radius 2 is 1.96 bits per heavy atom. The summed E-state index contributed by atoms with van der Waals surface area (Å²) in [7, 11) is 0. The summed E-state index contributed by atoms with van der Waals surface area (Å²) in [6, 6.07) is 9.05. The maximum absolute atomic E-state index is 12.7. The average Bonchev–Trinajstić information content (AvgIpc) is 3.06. The molecule has 0 bridgehead atoms. The van der Waals surface area contributed by atoms with Gasteiger partial charge in [0.25, 0.3) is 0 Å². The Morgan fingerprint density at radius 3 is 2.82 bits per heavy atom. The van der Waals surface area contributed by atoms with E-state index in [0.29, 0.717) is 40.8 Å². The van der Waals surface area contributed by atoms with Gasteiger partial charge in [-0.1, -0.05) is 11.6 Å². The summed E-state index contributed by atoms with van der Waals surface area (Å²) in [5.41, 5.74) is 2.24. The molecule has 8 heteroatoms. The van der Waals surface area contributed by atoms with Gasteiger partial charge in [0.2, 0.25) is 0 Å². The molecule has 1 aliphatic heterocycles. The standard InChI is InChI=1S/C20H17ClN4O3/c21-15-3-7-22-16-2-1-12(11-14(15)16)25-18-17(28-13-5-9-27-10-6-13)4-8-23-19(18)24-20(25)26/h1-4,7-8,11,13H,5-6,9-10H2,(H,23,24,26). The fourth-order valence-corrected chi connectivity index (χ4v) is 3.76. The summed E-state index contributed by atoms with van der Waals surface area (Å²) in [5.74, 6) is 0.618.